The lowest BCUT2D eigenvalue weighted by molar-refractivity contribution is -0.455. The SMILES string of the molecule is CC[C@@H](C)[C@@]12O[C@@H]3[C@@]4(O)[C@@H](OC(=O)c5ccccc5)[C@]5(C)C[C@@]4(O)[C@@](C)([C@H]5CC(=O)OC)[C@]4(CC[C@]5(C)C(=CC(=O)O[C@H]5c5ccoc5)[C@@]34O1)O2. The molecule has 2 N–H and O–H groups in total. The third-order valence-corrected chi connectivity index (χ3v) is 14.7. The van der Waals surface area contributed by atoms with Gasteiger partial charge < -0.3 is 43.1 Å². The molecule has 7 aliphatic rings. The lowest BCUT2D eigenvalue weighted by Gasteiger charge is -2.75. The number of hydrogen-bond donors (Lipinski definition) is 2. The topological polar surface area (TPSA) is 160 Å². The first kappa shape index (κ1) is 33.3. The Morgan fingerprint density at radius 2 is 1.80 bits per heavy atom. The first-order valence-electron chi connectivity index (χ1n) is 17.9. The van der Waals surface area contributed by atoms with Crippen molar-refractivity contribution in [3.8, 4) is 0 Å². The predicted molar refractivity (Wildman–Crippen MR) is 174 cm³/mol. The first-order valence-corrected chi connectivity index (χ1v) is 17.9. The number of benzene rings is 1. The van der Waals surface area contributed by atoms with Crippen molar-refractivity contribution in [1.82, 2.24) is 0 Å². The van der Waals surface area contributed by atoms with E-state index in [9.17, 15) is 24.6 Å². The van der Waals surface area contributed by atoms with Gasteiger partial charge >= 0.3 is 17.9 Å². The second-order valence-corrected chi connectivity index (χ2v) is 16.6. The molecule has 4 aliphatic carbocycles. The molecule has 12 heteroatoms. The minimum Gasteiger partial charge on any atom is -0.472 e. The maximum atomic E-state index is 14.0. The summed E-state index contributed by atoms with van der Waals surface area (Å²) in [6, 6.07) is 10.2. The summed E-state index contributed by atoms with van der Waals surface area (Å²) >= 11 is 0. The van der Waals surface area contributed by atoms with E-state index < -0.39 is 86.8 Å². The summed E-state index contributed by atoms with van der Waals surface area (Å²) in [6.45, 7) is 9.59. The zero-order valence-corrected chi connectivity index (χ0v) is 29.6. The third kappa shape index (κ3) is 3.35. The molecule has 12 nitrogen and oxygen atoms in total. The zero-order chi connectivity index (χ0) is 36.2. The molecule has 1 aromatic carbocycles. The molecule has 1 spiro atoms. The molecule has 3 aliphatic heterocycles. The summed E-state index contributed by atoms with van der Waals surface area (Å²) in [5.41, 5.74) is -9.56. The van der Waals surface area contributed by atoms with Crippen molar-refractivity contribution in [1.29, 1.82) is 0 Å². The highest BCUT2D eigenvalue weighted by atomic mass is 17.0. The number of carbonyl (C=O) groups excluding carboxylic acids is 3. The average Bonchev–Trinajstić information content (AvgIpc) is 3.91. The van der Waals surface area contributed by atoms with Crippen LogP contribution in [-0.2, 0) is 38.0 Å². The number of hydrogen-bond acceptors (Lipinski definition) is 12. The van der Waals surface area contributed by atoms with Crippen molar-refractivity contribution in [2.75, 3.05) is 7.11 Å². The number of cyclic esters (lactones) is 1. The van der Waals surface area contributed by atoms with Crippen LogP contribution in [0, 0.1) is 28.1 Å². The zero-order valence-electron chi connectivity index (χ0n) is 29.6. The Morgan fingerprint density at radius 1 is 1.06 bits per heavy atom. The van der Waals surface area contributed by atoms with Crippen molar-refractivity contribution in [2.24, 2.45) is 28.1 Å². The predicted octanol–water partition coefficient (Wildman–Crippen LogP) is 4.54. The fourth-order valence-electron chi connectivity index (χ4n) is 12.4. The van der Waals surface area contributed by atoms with Crippen LogP contribution in [-0.4, -0.2) is 75.8 Å². The van der Waals surface area contributed by atoms with E-state index in [4.69, 9.17) is 32.8 Å². The number of furan rings is 1. The molecule has 9 rings (SSSR count). The summed E-state index contributed by atoms with van der Waals surface area (Å²) in [4.78, 5) is 41.1. The van der Waals surface area contributed by atoms with Crippen molar-refractivity contribution in [3.63, 3.8) is 0 Å². The van der Waals surface area contributed by atoms with Gasteiger partial charge in [-0.2, -0.15) is 0 Å². The van der Waals surface area contributed by atoms with Crippen molar-refractivity contribution < 1.29 is 57.4 Å². The van der Waals surface area contributed by atoms with Crippen LogP contribution in [0.25, 0.3) is 0 Å². The highest BCUT2D eigenvalue weighted by Crippen LogP contribution is 2.88. The lowest BCUT2D eigenvalue weighted by Crippen LogP contribution is -2.92. The van der Waals surface area contributed by atoms with E-state index in [-0.39, 0.29) is 24.3 Å². The lowest BCUT2D eigenvalue weighted by atomic mass is 9.35. The number of aliphatic hydroxyl groups is 2. The monoisotopic (exact) mass is 704 g/mol. The van der Waals surface area contributed by atoms with E-state index >= 15 is 0 Å². The Bertz CT molecular complexity index is 1880. The number of esters is 3. The van der Waals surface area contributed by atoms with E-state index in [0.717, 1.165) is 0 Å². The first-order chi connectivity index (χ1) is 24.1. The Morgan fingerprint density at radius 3 is 2.47 bits per heavy atom. The van der Waals surface area contributed by atoms with Gasteiger partial charge in [-0.1, -0.05) is 52.8 Å². The molecule has 4 bridgehead atoms. The largest absolute Gasteiger partial charge is 0.472 e. The number of methoxy groups -OCH3 is 1. The van der Waals surface area contributed by atoms with Crippen molar-refractivity contribution in [2.45, 2.75) is 113 Å². The maximum Gasteiger partial charge on any atom is 0.338 e. The van der Waals surface area contributed by atoms with Gasteiger partial charge in [-0.15, -0.1) is 0 Å². The molecule has 0 radical (unpaired) electrons. The molecule has 51 heavy (non-hydrogen) atoms. The summed E-state index contributed by atoms with van der Waals surface area (Å²) in [5, 5.41) is 27.2. The summed E-state index contributed by atoms with van der Waals surface area (Å²) < 4.78 is 44.6. The van der Waals surface area contributed by atoms with Crippen LogP contribution >= 0.6 is 0 Å². The fraction of sp³-hybridized carbons (Fsp3) is 0.615. The average molecular weight is 705 g/mol. The van der Waals surface area contributed by atoms with Gasteiger partial charge in [0, 0.05) is 40.2 Å². The van der Waals surface area contributed by atoms with Crippen LogP contribution in [0.4, 0.5) is 0 Å². The Balaban J connectivity index is 1.33. The van der Waals surface area contributed by atoms with E-state index in [1.165, 1.54) is 19.4 Å². The van der Waals surface area contributed by atoms with E-state index in [0.29, 0.717) is 30.4 Å². The number of ether oxygens (including phenoxy) is 6. The molecular formula is C39H44O12. The molecule has 4 heterocycles. The highest BCUT2D eigenvalue weighted by Gasteiger charge is 3.02. The summed E-state index contributed by atoms with van der Waals surface area (Å²) in [5.74, 6) is -4.70. The standard InChI is InChI=1S/C39H44O12/c1-7-21(2)39-49-31-37(44)30(48-29(42)22-11-9-8-10-12-22)33(4)20-35(37,43)34(5,24(33)17-26(40)45-6)36(50-39)15-14-32(3)25(38(31,36)51-39)18-27(41)47-28(32)23-13-16-46-19-23/h8-13,16,18-19,21,24,28,30-31,43-44H,7,14-15,17,20H2,1-6H3/t21-,24+,28+,30+,31-,32-,33-,34-,35-,36+,37+,38-,39+/m1/s1. The highest BCUT2D eigenvalue weighted by molar-refractivity contribution is 5.90. The van der Waals surface area contributed by atoms with E-state index in [1.807, 2.05) is 34.6 Å². The number of carbonyl (C=O) groups is 3. The molecule has 2 aromatic rings. The molecular weight excluding hydrogens is 660 g/mol. The van der Waals surface area contributed by atoms with Gasteiger partial charge in [0.1, 0.15) is 29.5 Å². The van der Waals surface area contributed by atoms with Gasteiger partial charge in [0.15, 0.2) is 11.2 Å². The van der Waals surface area contributed by atoms with Crippen LogP contribution in [0.15, 0.2) is 65.0 Å². The van der Waals surface area contributed by atoms with Gasteiger partial charge in [0.2, 0.25) is 0 Å². The normalized spacial score (nSPS) is 48.7. The minimum absolute atomic E-state index is 0.0330. The number of rotatable bonds is 7. The van der Waals surface area contributed by atoms with Gasteiger partial charge in [0.25, 0.3) is 5.97 Å². The second-order valence-electron chi connectivity index (χ2n) is 16.6. The van der Waals surface area contributed by atoms with E-state index in [2.05, 4.69) is 0 Å². The molecule has 13 atom stereocenters. The van der Waals surface area contributed by atoms with Crippen LogP contribution in [0.5, 0.6) is 0 Å². The quantitative estimate of drug-likeness (QED) is 0.307. The molecule has 2 saturated heterocycles. The van der Waals surface area contributed by atoms with Gasteiger partial charge in [-0.05, 0) is 55.4 Å². The van der Waals surface area contributed by atoms with E-state index in [1.54, 1.807) is 42.7 Å². The summed E-state index contributed by atoms with van der Waals surface area (Å²) in [7, 11) is 1.30. The van der Waals surface area contributed by atoms with Crippen molar-refractivity contribution >= 4 is 17.9 Å². The fourth-order valence-corrected chi connectivity index (χ4v) is 12.4. The smallest absolute Gasteiger partial charge is 0.338 e. The van der Waals surface area contributed by atoms with Crippen LogP contribution in [0.2, 0.25) is 0 Å². The Labute approximate surface area is 295 Å². The minimum atomic E-state index is -2.30. The maximum absolute atomic E-state index is 14.0. The van der Waals surface area contributed by atoms with Crippen molar-refractivity contribution in [3.05, 3.63) is 71.7 Å². The Hall–Kier alpha value is -3.55. The van der Waals surface area contributed by atoms with Crippen LogP contribution in [0.3, 0.4) is 0 Å². The molecule has 1 aromatic heterocycles. The third-order valence-electron chi connectivity index (χ3n) is 14.7. The van der Waals surface area contributed by atoms with Crippen LogP contribution in [0.1, 0.15) is 88.7 Å². The summed E-state index contributed by atoms with van der Waals surface area (Å²) in [6.07, 6.45) is 2.03. The number of fused-ring (bicyclic) bond motifs is 4. The molecule has 4 saturated carbocycles. The molecule has 0 unspecified atom stereocenters. The second kappa shape index (κ2) is 9.90. The van der Waals surface area contributed by atoms with Crippen LogP contribution < -0.4 is 0 Å². The molecule has 0 amide bonds. The Kier molecular flexibility index (Phi) is 6.46. The molecule has 272 valence electrons. The van der Waals surface area contributed by atoms with Gasteiger partial charge in [-0.3, -0.25) is 4.79 Å². The van der Waals surface area contributed by atoms with Gasteiger partial charge in [-0.25, -0.2) is 9.59 Å². The molecule has 6 fully saturated rings. The van der Waals surface area contributed by atoms with Gasteiger partial charge in [0.05, 0.1) is 25.2 Å².